The molecule has 18 heavy (non-hydrogen) atoms. The number of hydrogen-bond acceptors (Lipinski definition) is 2. The van der Waals surface area contributed by atoms with Gasteiger partial charge in [-0.2, -0.15) is 0 Å². The highest BCUT2D eigenvalue weighted by molar-refractivity contribution is 7.99. The van der Waals surface area contributed by atoms with Crippen LogP contribution in [0, 0.1) is 13.8 Å². The predicted octanol–water partition coefficient (Wildman–Crippen LogP) is 4.66. The summed E-state index contributed by atoms with van der Waals surface area (Å²) in [5, 5.41) is 0. The molecule has 2 heteroatoms. The standard InChI is InChI=1S/C16H16OS/c1-11-5-4-6-12(2)16(11)18-15-9-7-14(8-10-15)13(3)17/h4-10H,1-3H3. The zero-order valence-corrected chi connectivity index (χ0v) is 11.7. The number of aryl methyl sites for hydroxylation is 2. The van der Waals surface area contributed by atoms with Crippen molar-refractivity contribution in [2.45, 2.75) is 30.6 Å². The Balaban J connectivity index is 2.26. The van der Waals surface area contributed by atoms with Crippen molar-refractivity contribution in [1.29, 1.82) is 0 Å². The molecule has 0 bridgehead atoms. The fourth-order valence-corrected chi connectivity index (χ4v) is 2.80. The normalized spacial score (nSPS) is 10.4. The molecule has 0 N–H and O–H groups in total. The first-order valence-corrected chi connectivity index (χ1v) is 6.74. The summed E-state index contributed by atoms with van der Waals surface area (Å²) in [6, 6.07) is 14.1. The van der Waals surface area contributed by atoms with Gasteiger partial charge in [0.25, 0.3) is 0 Å². The average Bonchev–Trinajstić information content (AvgIpc) is 2.34. The molecule has 0 amide bonds. The first-order valence-electron chi connectivity index (χ1n) is 5.93. The Hall–Kier alpha value is -1.54. The second-order valence-corrected chi connectivity index (χ2v) is 5.49. The summed E-state index contributed by atoms with van der Waals surface area (Å²) in [7, 11) is 0. The van der Waals surface area contributed by atoms with E-state index in [1.54, 1.807) is 18.7 Å². The van der Waals surface area contributed by atoms with Crippen LogP contribution in [0.1, 0.15) is 28.4 Å². The molecule has 0 heterocycles. The summed E-state index contributed by atoms with van der Waals surface area (Å²) in [4.78, 5) is 13.7. The molecule has 2 aromatic carbocycles. The van der Waals surface area contributed by atoms with E-state index in [4.69, 9.17) is 0 Å². The number of rotatable bonds is 3. The quantitative estimate of drug-likeness (QED) is 0.743. The maximum Gasteiger partial charge on any atom is 0.159 e. The van der Waals surface area contributed by atoms with Crippen molar-refractivity contribution >= 4 is 17.5 Å². The van der Waals surface area contributed by atoms with Crippen molar-refractivity contribution in [3.05, 3.63) is 59.2 Å². The Morgan fingerprint density at radius 3 is 2.00 bits per heavy atom. The van der Waals surface area contributed by atoms with E-state index >= 15 is 0 Å². The van der Waals surface area contributed by atoms with Crippen molar-refractivity contribution < 1.29 is 4.79 Å². The van der Waals surface area contributed by atoms with Crippen LogP contribution in [0.15, 0.2) is 52.3 Å². The van der Waals surface area contributed by atoms with Gasteiger partial charge in [0.1, 0.15) is 0 Å². The minimum absolute atomic E-state index is 0.110. The first-order chi connectivity index (χ1) is 8.58. The van der Waals surface area contributed by atoms with Gasteiger partial charge in [-0.25, -0.2) is 0 Å². The number of carbonyl (C=O) groups is 1. The lowest BCUT2D eigenvalue weighted by molar-refractivity contribution is 0.101. The molecule has 0 atom stereocenters. The maximum atomic E-state index is 11.2. The number of ketones is 1. The van der Waals surface area contributed by atoms with Crippen LogP contribution < -0.4 is 0 Å². The van der Waals surface area contributed by atoms with Crippen LogP contribution in [0.3, 0.4) is 0 Å². The van der Waals surface area contributed by atoms with E-state index in [0.29, 0.717) is 0 Å². The highest BCUT2D eigenvalue weighted by Gasteiger charge is 2.05. The minimum atomic E-state index is 0.110. The smallest absolute Gasteiger partial charge is 0.159 e. The van der Waals surface area contributed by atoms with Crippen molar-refractivity contribution in [1.82, 2.24) is 0 Å². The van der Waals surface area contributed by atoms with Crippen molar-refractivity contribution in [3.63, 3.8) is 0 Å². The van der Waals surface area contributed by atoms with E-state index < -0.39 is 0 Å². The van der Waals surface area contributed by atoms with E-state index in [9.17, 15) is 4.79 Å². The molecule has 0 radical (unpaired) electrons. The molecular formula is C16H16OS. The Labute approximate surface area is 112 Å². The van der Waals surface area contributed by atoms with Gasteiger partial charge in [-0.3, -0.25) is 4.79 Å². The van der Waals surface area contributed by atoms with E-state index in [0.717, 1.165) is 10.5 Å². The fraction of sp³-hybridized carbons (Fsp3) is 0.188. The Morgan fingerprint density at radius 2 is 1.50 bits per heavy atom. The number of carbonyl (C=O) groups excluding carboxylic acids is 1. The second kappa shape index (κ2) is 5.40. The van der Waals surface area contributed by atoms with Gasteiger partial charge in [-0.15, -0.1) is 0 Å². The SMILES string of the molecule is CC(=O)c1ccc(Sc2c(C)cccc2C)cc1. The van der Waals surface area contributed by atoms with Crippen LogP contribution in [-0.4, -0.2) is 5.78 Å². The van der Waals surface area contributed by atoms with Crippen LogP contribution in [0.5, 0.6) is 0 Å². The lowest BCUT2D eigenvalue weighted by Crippen LogP contribution is -1.90. The number of hydrogen-bond donors (Lipinski definition) is 0. The third-order valence-electron chi connectivity index (χ3n) is 2.89. The maximum absolute atomic E-state index is 11.2. The largest absolute Gasteiger partial charge is 0.295 e. The predicted molar refractivity (Wildman–Crippen MR) is 76.5 cm³/mol. The summed E-state index contributed by atoms with van der Waals surface area (Å²) in [5.41, 5.74) is 3.34. The van der Waals surface area contributed by atoms with E-state index in [-0.39, 0.29) is 5.78 Å². The second-order valence-electron chi connectivity index (χ2n) is 4.40. The minimum Gasteiger partial charge on any atom is -0.295 e. The summed E-state index contributed by atoms with van der Waals surface area (Å²) in [6.07, 6.45) is 0. The van der Waals surface area contributed by atoms with Crippen LogP contribution in [-0.2, 0) is 0 Å². The van der Waals surface area contributed by atoms with E-state index in [1.807, 2.05) is 24.3 Å². The van der Waals surface area contributed by atoms with Gasteiger partial charge in [0.2, 0.25) is 0 Å². The molecule has 92 valence electrons. The van der Waals surface area contributed by atoms with Gasteiger partial charge >= 0.3 is 0 Å². The van der Waals surface area contributed by atoms with Gasteiger partial charge in [0.05, 0.1) is 0 Å². The summed E-state index contributed by atoms with van der Waals surface area (Å²) in [5.74, 6) is 0.110. The Kier molecular flexibility index (Phi) is 3.87. The average molecular weight is 256 g/mol. The fourth-order valence-electron chi connectivity index (χ4n) is 1.84. The van der Waals surface area contributed by atoms with Crippen LogP contribution >= 0.6 is 11.8 Å². The lowest BCUT2D eigenvalue weighted by Gasteiger charge is -2.09. The van der Waals surface area contributed by atoms with Gasteiger partial charge < -0.3 is 0 Å². The molecule has 2 rings (SSSR count). The summed E-state index contributed by atoms with van der Waals surface area (Å²) in [6.45, 7) is 5.84. The molecule has 1 nitrogen and oxygen atoms in total. The zero-order valence-electron chi connectivity index (χ0n) is 10.9. The zero-order chi connectivity index (χ0) is 13.1. The third-order valence-corrected chi connectivity index (χ3v) is 4.25. The van der Waals surface area contributed by atoms with Crippen LogP contribution in [0.4, 0.5) is 0 Å². The molecule has 2 aromatic rings. The van der Waals surface area contributed by atoms with Crippen LogP contribution in [0.25, 0.3) is 0 Å². The molecule has 0 aliphatic carbocycles. The molecule has 0 fully saturated rings. The molecule has 0 aromatic heterocycles. The third kappa shape index (κ3) is 2.82. The van der Waals surface area contributed by atoms with Crippen molar-refractivity contribution in [2.75, 3.05) is 0 Å². The lowest BCUT2D eigenvalue weighted by atomic mass is 10.1. The van der Waals surface area contributed by atoms with Gasteiger partial charge in [0, 0.05) is 15.4 Å². The topological polar surface area (TPSA) is 17.1 Å². The van der Waals surface area contributed by atoms with E-state index in [1.165, 1.54) is 16.0 Å². The molecular weight excluding hydrogens is 240 g/mol. The van der Waals surface area contributed by atoms with Crippen molar-refractivity contribution in [3.8, 4) is 0 Å². The Morgan fingerprint density at radius 1 is 0.944 bits per heavy atom. The van der Waals surface area contributed by atoms with Crippen molar-refractivity contribution in [2.24, 2.45) is 0 Å². The molecule has 0 aliphatic rings. The van der Waals surface area contributed by atoms with Gasteiger partial charge in [-0.1, -0.05) is 42.1 Å². The van der Waals surface area contributed by atoms with Crippen LogP contribution in [0.2, 0.25) is 0 Å². The summed E-state index contributed by atoms with van der Waals surface area (Å²) < 4.78 is 0. The first kappa shape index (κ1) is 12.9. The molecule has 0 spiro atoms. The molecule has 0 unspecified atom stereocenters. The molecule has 0 saturated heterocycles. The highest BCUT2D eigenvalue weighted by Crippen LogP contribution is 2.32. The van der Waals surface area contributed by atoms with Gasteiger partial charge in [-0.05, 0) is 44.0 Å². The van der Waals surface area contributed by atoms with Gasteiger partial charge in [0.15, 0.2) is 5.78 Å². The summed E-state index contributed by atoms with van der Waals surface area (Å²) >= 11 is 1.75. The Bertz CT molecular complexity index is 550. The highest BCUT2D eigenvalue weighted by atomic mass is 32.2. The number of benzene rings is 2. The molecule has 0 saturated carbocycles. The van der Waals surface area contributed by atoms with E-state index in [2.05, 4.69) is 32.0 Å². The number of Topliss-reactive ketones (excluding diaryl/α,β-unsaturated/α-hetero) is 1. The monoisotopic (exact) mass is 256 g/mol. The molecule has 0 aliphatic heterocycles.